The molecule has 2 aliphatic rings. The number of rotatable bonds is 6. The molecule has 8 nitrogen and oxygen atoms in total. The molecular formula is C23H25N5O3S2. The van der Waals surface area contributed by atoms with Gasteiger partial charge in [0.25, 0.3) is 0 Å². The van der Waals surface area contributed by atoms with E-state index in [1.165, 1.54) is 11.8 Å². The fraction of sp³-hybridized carbons (Fsp3) is 0.391. The maximum Gasteiger partial charge on any atom is 0.250 e. The minimum Gasteiger partial charge on any atom is -0.376 e. The third-order valence-corrected chi connectivity index (χ3v) is 7.77. The van der Waals surface area contributed by atoms with Crippen LogP contribution in [0, 0.1) is 0 Å². The van der Waals surface area contributed by atoms with Crippen LogP contribution in [0.1, 0.15) is 26.7 Å². The molecule has 1 aromatic carbocycles. The van der Waals surface area contributed by atoms with Gasteiger partial charge in [-0.25, -0.2) is 0 Å². The van der Waals surface area contributed by atoms with Gasteiger partial charge in [0, 0.05) is 6.61 Å². The number of nitrogens with zero attached hydrogens (tertiary/aromatic N) is 4. The number of anilines is 2. The Morgan fingerprint density at radius 1 is 1.27 bits per heavy atom. The first-order valence-corrected chi connectivity index (χ1v) is 12.8. The second-order valence-corrected chi connectivity index (χ2v) is 10.5. The smallest absolute Gasteiger partial charge is 0.250 e. The topological polar surface area (TPSA) is 89.4 Å². The molecule has 1 saturated heterocycles. The molecule has 2 aromatic heterocycles. The van der Waals surface area contributed by atoms with E-state index in [1.54, 1.807) is 36.2 Å². The molecule has 1 atom stereocenters. The van der Waals surface area contributed by atoms with Gasteiger partial charge in [-0.3, -0.25) is 19.1 Å². The summed E-state index contributed by atoms with van der Waals surface area (Å²) in [5.74, 6) is 0.565. The first-order chi connectivity index (χ1) is 15.9. The van der Waals surface area contributed by atoms with Crippen LogP contribution in [0.15, 0.2) is 46.9 Å². The van der Waals surface area contributed by atoms with Crippen LogP contribution in [0.5, 0.6) is 0 Å². The molecule has 3 aromatic rings. The molecule has 0 saturated carbocycles. The van der Waals surface area contributed by atoms with Crippen molar-refractivity contribution < 1.29 is 14.3 Å². The Morgan fingerprint density at radius 2 is 2.12 bits per heavy atom. The number of amides is 2. The van der Waals surface area contributed by atoms with Crippen LogP contribution in [0.4, 0.5) is 11.4 Å². The molecule has 2 amide bonds. The zero-order chi connectivity index (χ0) is 23.0. The molecule has 0 aliphatic carbocycles. The highest BCUT2D eigenvalue weighted by Gasteiger charge is 2.43. The summed E-state index contributed by atoms with van der Waals surface area (Å²) in [4.78, 5) is 28.8. The van der Waals surface area contributed by atoms with Crippen molar-refractivity contribution in [2.45, 2.75) is 50.0 Å². The maximum atomic E-state index is 13.4. The van der Waals surface area contributed by atoms with Crippen molar-refractivity contribution in [1.29, 1.82) is 0 Å². The summed E-state index contributed by atoms with van der Waals surface area (Å²) in [6.07, 6.45) is 2.17. The van der Waals surface area contributed by atoms with Crippen molar-refractivity contribution in [2.24, 2.45) is 0 Å². The average molecular weight is 484 g/mol. The molecule has 2 aliphatic heterocycles. The maximum absolute atomic E-state index is 13.4. The zero-order valence-corrected chi connectivity index (χ0v) is 20.1. The Morgan fingerprint density at radius 3 is 2.88 bits per heavy atom. The minimum atomic E-state index is -1.00. The quantitative estimate of drug-likeness (QED) is 0.532. The third-order valence-electron chi connectivity index (χ3n) is 5.95. The molecule has 1 fully saturated rings. The molecule has 4 heterocycles. The fourth-order valence-corrected chi connectivity index (χ4v) is 5.74. The Kier molecular flexibility index (Phi) is 5.98. The lowest BCUT2D eigenvalue weighted by Crippen LogP contribution is -2.59. The van der Waals surface area contributed by atoms with Crippen molar-refractivity contribution in [3.05, 3.63) is 41.8 Å². The Hall–Kier alpha value is -2.69. The molecule has 0 bridgehead atoms. The van der Waals surface area contributed by atoms with Gasteiger partial charge in [-0.15, -0.1) is 21.5 Å². The minimum absolute atomic E-state index is 0.117. The van der Waals surface area contributed by atoms with E-state index in [0.717, 1.165) is 30.2 Å². The van der Waals surface area contributed by atoms with Crippen molar-refractivity contribution >= 4 is 46.3 Å². The van der Waals surface area contributed by atoms with Gasteiger partial charge in [0.05, 0.1) is 34.7 Å². The lowest BCUT2D eigenvalue weighted by molar-refractivity contribution is -0.125. The van der Waals surface area contributed by atoms with Crippen molar-refractivity contribution in [2.75, 3.05) is 22.6 Å². The molecule has 1 N–H and O–H groups in total. The number of para-hydroxylation sites is 2. The summed E-state index contributed by atoms with van der Waals surface area (Å²) in [5, 5.41) is 14.4. The predicted octanol–water partition coefficient (Wildman–Crippen LogP) is 4.04. The van der Waals surface area contributed by atoms with E-state index in [9.17, 15) is 9.59 Å². The van der Waals surface area contributed by atoms with Gasteiger partial charge in [0.1, 0.15) is 5.54 Å². The van der Waals surface area contributed by atoms with Gasteiger partial charge in [-0.2, -0.15) is 0 Å². The molecule has 172 valence electrons. The standard InChI is InChI=1S/C23H25N5O3S2/c1-23(2)21(30)24-16-8-3-4-9-17(16)28(23)19(29)14-33-22-26-25-20(18-10-6-12-32-18)27(22)13-15-7-5-11-31-15/h3-4,6,8-10,12,15H,5,7,11,13-14H2,1-2H3,(H,24,30). The number of benzene rings is 1. The summed E-state index contributed by atoms with van der Waals surface area (Å²) < 4.78 is 7.91. The van der Waals surface area contributed by atoms with Crippen molar-refractivity contribution in [3.8, 4) is 10.7 Å². The number of hydrogen-bond acceptors (Lipinski definition) is 7. The monoisotopic (exact) mass is 483 g/mol. The van der Waals surface area contributed by atoms with Crippen LogP contribution in [0.25, 0.3) is 10.7 Å². The number of aromatic nitrogens is 3. The highest BCUT2D eigenvalue weighted by atomic mass is 32.2. The normalized spacial score (nSPS) is 19.4. The number of thiophene rings is 1. The number of fused-ring (bicyclic) bond motifs is 1. The predicted molar refractivity (Wildman–Crippen MR) is 130 cm³/mol. The van der Waals surface area contributed by atoms with E-state index < -0.39 is 5.54 Å². The zero-order valence-electron chi connectivity index (χ0n) is 18.5. The molecule has 10 heteroatoms. The lowest BCUT2D eigenvalue weighted by atomic mass is 9.96. The summed E-state index contributed by atoms with van der Waals surface area (Å²) in [5.41, 5.74) is 0.342. The molecule has 33 heavy (non-hydrogen) atoms. The second-order valence-electron chi connectivity index (χ2n) is 8.58. The first kappa shape index (κ1) is 22.1. The largest absolute Gasteiger partial charge is 0.376 e. The van der Waals surface area contributed by atoms with Gasteiger partial charge < -0.3 is 10.1 Å². The Bertz CT molecular complexity index is 1170. The highest BCUT2D eigenvalue weighted by Crippen LogP contribution is 2.37. The molecule has 0 radical (unpaired) electrons. The van der Waals surface area contributed by atoms with Crippen LogP contribution < -0.4 is 10.2 Å². The number of carbonyl (C=O) groups excluding carboxylic acids is 2. The highest BCUT2D eigenvalue weighted by molar-refractivity contribution is 7.99. The van der Waals surface area contributed by atoms with E-state index >= 15 is 0 Å². The van der Waals surface area contributed by atoms with E-state index in [1.807, 2.05) is 35.7 Å². The summed E-state index contributed by atoms with van der Waals surface area (Å²) >= 11 is 2.95. The van der Waals surface area contributed by atoms with E-state index in [0.29, 0.717) is 23.1 Å². The summed E-state index contributed by atoms with van der Waals surface area (Å²) in [7, 11) is 0. The Balaban J connectivity index is 1.40. The molecule has 5 rings (SSSR count). The van der Waals surface area contributed by atoms with Gasteiger partial charge in [-0.1, -0.05) is 30.0 Å². The van der Waals surface area contributed by atoms with Crippen LogP contribution in [0.3, 0.4) is 0 Å². The number of hydrogen-bond donors (Lipinski definition) is 1. The summed E-state index contributed by atoms with van der Waals surface area (Å²) in [6, 6.07) is 11.4. The first-order valence-electron chi connectivity index (χ1n) is 10.9. The lowest BCUT2D eigenvalue weighted by Gasteiger charge is -2.42. The number of carbonyl (C=O) groups is 2. The number of thioether (sulfide) groups is 1. The SMILES string of the molecule is CC1(C)C(=O)Nc2ccccc2N1C(=O)CSc1nnc(-c2cccs2)n1CC1CCCO1. The van der Waals surface area contributed by atoms with Gasteiger partial charge in [-0.05, 0) is 50.3 Å². The van der Waals surface area contributed by atoms with Gasteiger partial charge in [0.15, 0.2) is 11.0 Å². The van der Waals surface area contributed by atoms with E-state index in [4.69, 9.17) is 4.74 Å². The van der Waals surface area contributed by atoms with Crippen molar-refractivity contribution in [3.63, 3.8) is 0 Å². The third kappa shape index (κ3) is 4.18. The average Bonchev–Trinajstić information content (AvgIpc) is 3.56. The van der Waals surface area contributed by atoms with Crippen LogP contribution in [-0.2, 0) is 20.9 Å². The van der Waals surface area contributed by atoms with Crippen LogP contribution >= 0.6 is 23.1 Å². The van der Waals surface area contributed by atoms with Crippen molar-refractivity contribution in [1.82, 2.24) is 14.8 Å². The molecule has 0 spiro atoms. The Labute approximate surface area is 200 Å². The van der Waals surface area contributed by atoms with Gasteiger partial charge in [0.2, 0.25) is 11.8 Å². The van der Waals surface area contributed by atoms with Crippen LogP contribution in [0.2, 0.25) is 0 Å². The second kappa shape index (κ2) is 8.92. The number of ether oxygens (including phenoxy) is 1. The summed E-state index contributed by atoms with van der Waals surface area (Å²) in [6.45, 7) is 4.94. The van der Waals surface area contributed by atoms with E-state index in [-0.39, 0.29) is 23.7 Å². The fourth-order valence-electron chi connectivity index (χ4n) is 4.23. The molecule has 1 unspecified atom stereocenters. The van der Waals surface area contributed by atoms with Crippen LogP contribution in [-0.4, -0.2) is 50.6 Å². The van der Waals surface area contributed by atoms with E-state index in [2.05, 4.69) is 20.1 Å². The number of nitrogens with one attached hydrogen (secondary N) is 1. The molecular weight excluding hydrogens is 458 g/mol. The van der Waals surface area contributed by atoms with Gasteiger partial charge >= 0.3 is 0 Å².